The van der Waals surface area contributed by atoms with E-state index in [1.807, 2.05) is 12.1 Å². The molecule has 17 nitrogen and oxygen atoms in total. The smallest absolute Gasteiger partial charge is 0.224 e. The number of nitrogens with two attached hydrogens (primary N) is 3. The summed E-state index contributed by atoms with van der Waals surface area (Å²) in [7, 11) is -7.44. The van der Waals surface area contributed by atoms with E-state index in [-0.39, 0.29) is 51.6 Å². The Morgan fingerprint density at radius 2 is 1.13 bits per heavy atom. The Balaban J connectivity index is 0.000000201. The lowest BCUT2D eigenvalue weighted by atomic mass is 10.1. The molecule has 0 spiro atoms. The van der Waals surface area contributed by atoms with Gasteiger partial charge in [-0.15, -0.1) is 0 Å². The Kier molecular flexibility index (Phi) is 15.0. The van der Waals surface area contributed by atoms with Gasteiger partial charge in [0, 0.05) is 68.0 Å². The van der Waals surface area contributed by atoms with Crippen LogP contribution < -0.4 is 22.5 Å². The van der Waals surface area contributed by atoms with Crippen molar-refractivity contribution in [1.82, 2.24) is 28.5 Å². The number of nitrogens with one attached hydrogen (secondary N) is 1. The van der Waals surface area contributed by atoms with E-state index < -0.39 is 30.8 Å². The van der Waals surface area contributed by atoms with Gasteiger partial charge < -0.3 is 22.5 Å². The number of sulfonamides is 2. The summed E-state index contributed by atoms with van der Waals surface area (Å²) in [5.74, 6) is 0.0246. The molecule has 7 N–H and O–H groups in total. The Morgan fingerprint density at radius 3 is 1.53 bits per heavy atom. The second-order valence-electron chi connectivity index (χ2n) is 12.9. The van der Waals surface area contributed by atoms with Gasteiger partial charge in [-0.3, -0.25) is 13.8 Å². The molecule has 6 rings (SSSR count). The van der Waals surface area contributed by atoms with Gasteiger partial charge in [-0.2, -0.15) is 4.98 Å². The van der Waals surface area contributed by atoms with Crippen molar-refractivity contribution in [2.45, 2.75) is 42.9 Å². The largest absolute Gasteiger partial charge is 0.383 e. The molecule has 0 saturated carbocycles. The SMILES string of the molecule is CS(=O)(=O)N1CCC(N)CC1.CS(=O)(=O)N1CCC(Nc2ncc(C(=O)c3ccccc3)c(N)n2)CC1.CS(=O)c1ncc(C(=O)c2ccccc2)c(N)n1. The minimum atomic E-state index is -3.15. The number of hydrogen-bond acceptors (Lipinski definition) is 15. The molecule has 1 unspecified atom stereocenters. The van der Waals surface area contributed by atoms with Gasteiger partial charge in [-0.1, -0.05) is 60.7 Å². The standard InChI is InChI=1S/C17H21N5O3S.C12H11N3O2S.C6H14N2O2S/c1-26(24,25)22-9-7-13(8-10-22)20-17-19-11-14(16(18)21-17)15(23)12-5-3-2-4-6-12;1-18(17)12-14-7-9(11(13)15-12)10(16)8-5-3-2-4-6-8;1-11(9,10)8-4-2-6(7)3-5-8/h2-6,11,13H,7-10H2,1H3,(H3,18,19,20,21);2-7H,1H3,(H2,13,14,15);6H,2-5,7H2,1H3. The Morgan fingerprint density at radius 1 is 0.709 bits per heavy atom. The summed E-state index contributed by atoms with van der Waals surface area (Å²) in [6, 6.07) is 17.8. The minimum absolute atomic E-state index is 0.0454. The van der Waals surface area contributed by atoms with E-state index in [1.165, 1.54) is 39.8 Å². The number of benzene rings is 2. The lowest BCUT2D eigenvalue weighted by molar-refractivity contribution is 0.103. The highest BCUT2D eigenvalue weighted by Crippen LogP contribution is 2.20. The van der Waals surface area contributed by atoms with Gasteiger partial charge in [0.1, 0.15) is 11.6 Å². The van der Waals surface area contributed by atoms with E-state index >= 15 is 0 Å². The van der Waals surface area contributed by atoms with Crippen LogP contribution in [0.1, 0.15) is 57.5 Å². The third-order valence-corrected chi connectivity index (χ3v) is 12.0. The zero-order chi connectivity index (χ0) is 40.3. The molecule has 1 atom stereocenters. The number of anilines is 3. The molecule has 0 radical (unpaired) electrons. The van der Waals surface area contributed by atoms with Gasteiger partial charge >= 0.3 is 0 Å². The van der Waals surface area contributed by atoms with Crippen molar-refractivity contribution in [3.05, 3.63) is 95.3 Å². The third-order valence-electron chi connectivity index (χ3n) is 8.66. The third kappa shape index (κ3) is 12.7. The number of piperidine rings is 2. The number of hydrogen-bond donors (Lipinski definition) is 4. The maximum absolute atomic E-state index is 12.5. The van der Waals surface area contributed by atoms with Crippen LogP contribution in [-0.2, 0) is 30.8 Å². The Labute approximate surface area is 323 Å². The van der Waals surface area contributed by atoms with Gasteiger partial charge in [-0.25, -0.2) is 40.4 Å². The quantitative estimate of drug-likeness (QED) is 0.138. The monoisotopic (exact) mass is 814 g/mol. The average molecular weight is 815 g/mol. The van der Waals surface area contributed by atoms with Crippen LogP contribution in [-0.4, -0.2) is 118 Å². The summed E-state index contributed by atoms with van der Waals surface area (Å²) in [5.41, 5.74) is 18.8. The molecule has 2 aromatic heterocycles. The van der Waals surface area contributed by atoms with Crippen molar-refractivity contribution in [1.29, 1.82) is 0 Å². The summed E-state index contributed by atoms with van der Waals surface area (Å²) in [6.45, 7) is 2.08. The molecule has 2 fully saturated rings. The predicted molar refractivity (Wildman–Crippen MR) is 212 cm³/mol. The van der Waals surface area contributed by atoms with Gasteiger partial charge in [0.25, 0.3) is 0 Å². The van der Waals surface area contributed by atoms with Crippen molar-refractivity contribution in [3.8, 4) is 0 Å². The van der Waals surface area contributed by atoms with E-state index in [0.717, 1.165) is 12.8 Å². The summed E-state index contributed by atoms with van der Waals surface area (Å²) in [5, 5.41) is 3.29. The van der Waals surface area contributed by atoms with Crippen molar-refractivity contribution in [2.75, 3.05) is 61.7 Å². The molecule has 0 bridgehead atoms. The summed E-state index contributed by atoms with van der Waals surface area (Å²) >= 11 is 0. The second-order valence-corrected chi connectivity index (χ2v) is 18.1. The Bertz CT molecular complexity index is 2180. The van der Waals surface area contributed by atoms with Crippen molar-refractivity contribution in [2.24, 2.45) is 5.73 Å². The topological polar surface area (TPSA) is 268 Å². The molecule has 2 aliphatic rings. The Hall–Kier alpha value is -4.73. The van der Waals surface area contributed by atoms with Crippen LogP contribution in [0.2, 0.25) is 0 Å². The first kappa shape index (κ1) is 43.0. The highest BCUT2D eigenvalue weighted by Gasteiger charge is 2.26. The number of carbonyl (C=O) groups is 2. The molecule has 55 heavy (non-hydrogen) atoms. The minimum Gasteiger partial charge on any atom is -0.383 e. The number of carbonyl (C=O) groups excluding carboxylic acids is 2. The first-order valence-electron chi connectivity index (χ1n) is 17.1. The zero-order valence-electron chi connectivity index (χ0n) is 30.7. The highest BCUT2D eigenvalue weighted by atomic mass is 32.2. The molecule has 2 aromatic carbocycles. The van der Waals surface area contributed by atoms with Crippen molar-refractivity contribution in [3.63, 3.8) is 0 Å². The highest BCUT2D eigenvalue weighted by molar-refractivity contribution is 7.88. The van der Waals surface area contributed by atoms with Gasteiger partial charge in [0.15, 0.2) is 11.6 Å². The summed E-state index contributed by atoms with van der Waals surface area (Å²) in [4.78, 5) is 40.7. The first-order valence-corrected chi connectivity index (χ1v) is 22.4. The molecule has 4 aromatic rings. The molecule has 2 aliphatic heterocycles. The van der Waals surface area contributed by atoms with Crippen LogP contribution in [0.5, 0.6) is 0 Å². The number of rotatable bonds is 9. The number of ketones is 2. The normalized spacial score (nSPS) is 16.4. The number of nitrogens with zero attached hydrogens (tertiary/aromatic N) is 6. The van der Waals surface area contributed by atoms with Gasteiger partial charge in [-0.05, 0) is 25.7 Å². The number of nitrogen functional groups attached to an aromatic ring is 2. The average Bonchev–Trinajstić information content (AvgIpc) is 3.15. The maximum Gasteiger partial charge on any atom is 0.224 e. The van der Waals surface area contributed by atoms with Crippen molar-refractivity contribution < 1.29 is 30.6 Å². The van der Waals surface area contributed by atoms with E-state index in [2.05, 4.69) is 25.3 Å². The van der Waals surface area contributed by atoms with Crippen LogP contribution >= 0.6 is 0 Å². The lowest BCUT2D eigenvalue weighted by Crippen LogP contribution is -2.42. The van der Waals surface area contributed by atoms with E-state index in [0.29, 0.717) is 56.1 Å². The van der Waals surface area contributed by atoms with Crippen molar-refractivity contribution >= 4 is 60.0 Å². The molecular weight excluding hydrogens is 769 g/mol. The fraction of sp³-hybridized carbons (Fsp3) is 0.371. The molecular formula is C35H46N10O7S3. The van der Waals surface area contributed by atoms with Crippen LogP contribution in [0.4, 0.5) is 17.6 Å². The predicted octanol–water partition coefficient (Wildman–Crippen LogP) is 1.52. The van der Waals surface area contributed by atoms with Crippen LogP contribution in [0.15, 0.2) is 78.2 Å². The first-order chi connectivity index (χ1) is 25.9. The molecule has 296 valence electrons. The second kappa shape index (κ2) is 19.2. The van der Waals surface area contributed by atoms with Crippen LogP contribution in [0.3, 0.4) is 0 Å². The maximum atomic E-state index is 12.5. The molecule has 0 aliphatic carbocycles. The fourth-order valence-electron chi connectivity index (χ4n) is 5.54. The molecule has 2 saturated heterocycles. The molecule has 20 heteroatoms. The van der Waals surface area contributed by atoms with E-state index in [1.54, 1.807) is 48.5 Å². The number of aromatic nitrogens is 4. The fourth-order valence-corrected chi connectivity index (χ4v) is 7.72. The summed E-state index contributed by atoms with van der Waals surface area (Å²) < 4.78 is 59.2. The van der Waals surface area contributed by atoms with Crippen LogP contribution in [0.25, 0.3) is 0 Å². The van der Waals surface area contributed by atoms with E-state index in [9.17, 15) is 30.6 Å². The van der Waals surface area contributed by atoms with E-state index in [4.69, 9.17) is 17.2 Å². The lowest BCUT2D eigenvalue weighted by Gasteiger charge is -2.30. The van der Waals surface area contributed by atoms with Gasteiger partial charge in [0.05, 0.1) is 34.4 Å². The zero-order valence-corrected chi connectivity index (χ0v) is 33.2. The summed E-state index contributed by atoms with van der Waals surface area (Å²) in [6.07, 6.45) is 9.52. The van der Waals surface area contributed by atoms with Crippen LogP contribution in [0, 0.1) is 0 Å². The molecule has 4 heterocycles. The van der Waals surface area contributed by atoms with Gasteiger partial charge in [0.2, 0.25) is 31.2 Å². The molecule has 0 amide bonds.